The van der Waals surface area contributed by atoms with Gasteiger partial charge in [-0.1, -0.05) is 0 Å². The second-order valence-corrected chi connectivity index (χ2v) is 5.11. The highest BCUT2D eigenvalue weighted by Gasteiger charge is 2.09. The summed E-state index contributed by atoms with van der Waals surface area (Å²) in [7, 11) is 1.53. The zero-order valence-corrected chi connectivity index (χ0v) is 13.0. The third kappa shape index (κ3) is 3.35. The van der Waals surface area contributed by atoms with Crippen molar-refractivity contribution in [3.63, 3.8) is 0 Å². The number of nitrogens with one attached hydrogen (secondary N) is 3. The number of pyridine rings is 2. The molecule has 0 fully saturated rings. The number of carbonyl (C=O) groups is 1. The molecular weight excluding hydrogens is 308 g/mol. The van der Waals surface area contributed by atoms with Crippen LogP contribution >= 0.6 is 0 Å². The van der Waals surface area contributed by atoms with Crippen LogP contribution in [0.3, 0.4) is 0 Å². The molecular formula is C17H16N4O3. The molecule has 2 amide bonds. The maximum Gasteiger partial charge on any atom is 0.319 e. The van der Waals surface area contributed by atoms with Gasteiger partial charge in [0.15, 0.2) is 0 Å². The first kappa shape index (κ1) is 15.5. The van der Waals surface area contributed by atoms with Crippen LogP contribution in [-0.4, -0.2) is 23.1 Å². The highest BCUT2D eigenvalue weighted by atomic mass is 16.5. The minimum Gasteiger partial charge on any atom is -0.497 e. The number of hydrogen-bond acceptors (Lipinski definition) is 4. The summed E-state index contributed by atoms with van der Waals surface area (Å²) in [4.78, 5) is 31.4. The fourth-order valence-electron chi connectivity index (χ4n) is 2.27. The molecule has 7 heteroatoms. The average Bonchev–Trinajstić information content (AvgIpc) is 2.63. The Balaban J connectivity index is 1.76. The molecule has 0 aliphatic carbocycles. The Morgan fingerprint density at radius 2 is 2.04 bits per heavy atom. The summed E-state index contributed by atoms with van der Waals surface area (Å²) in [6.07, 6.45) is 4.77. The first-order valence-corrected chi connectivity index (χ1v) is 7.30. The molecule has 0 aliphatic rings. The van der Waals surface area contributed by atoms with Crippen molar-refractivity contribution in [1.82, 2.24) is 15.3 Å². The number of urea groups is 1. The molecule has 122 valence electrons. The van der Waals surface area contributed by atoms with Crippen molar-refractivity contribution >= 4 is 22.6 Å². The van der Waals surface area contributed by atoms with Crippen LogP contribution in [-0.2, 0) is 6.54 Å². The van der Waals surface area contributed by atoms with Crippen LogP contribution in [0.15, 0.2) is 53.7 Å². The van der Waals surface area contributed by atoms with Crippen LogP contribution < -0.4 is 20.8 Å². The van der Waals surface area contributed by atoms with Gasteiger partial charge in [-0.2, -0.15) is 0 Å². The molecule has 24 heavy (non-hydrogen) atoms. The molecule has 0 radical (unpaired) electrons. The van der Waals surface area contributed by atoms with Crippen molar-refractivity contribution in [3.05, 3.63) is 64.7 Å². The van der Waals surface area contributed by atoms with Gasteiger partial charge in [0.05, 0.1) is 12.5 Å². The summed E-state index contributed by atoms with van der Waals surface area (Å²) in [6.45, 7) is 0.341. The molecule has 0 saturated carbocycles. The topological polar surface area (TPSA) is 96.1 Å². The molecule has 0 unspecified atom stereocenters. The smallest absolute Gasteiger partial charge is 0.319 e. The van der Waals surface area contributed by atoms with Crippen molar-refractivity contribution in [2.24, 2.45) is 0 Å². The number of carbonyl (C=O) groups excluding carboxylic acids is 1. The quantitative estimate of drug-likeness (QED) is 0.686. The Kier molecular flexibility index (Phi) is 4.42. The van der Waals surface area contributed by atoms with Gasteiger partial charge < -0.3 is 20.4 Å². The van der Waals surface area contributed by atoms with Gasteiger partial charge in [0.25, 0.3) is 0 Å². The number of aromatic amines is 1. The summed E-state index contributed by atoms with van der Waals surface area (Å²) >= 11 is 0. The van der Waals surface area contributed by atoms with Crippen LogP contribution in [0.4, 0.5) is 10.5 Å². The van der Waals surface area contributed by atoms with E-state index in [0.717, 1.165) is 5.56 Å². The molecule has 2 aromatic heterocycles. The Hall–Kier alpha value is -3.35. The molecule has 3 aromatic rings. The normalized spacial score (nSPS) is 10.4. The molecule has 2 heterocycles. The number of benzene rings is 1. The van der Waals surface area contributed by atoms with Crippen LogP contribution in [0.25, 0.3) is 10.9 Å². The van der Waals surface area contributed by atoms with Crippen molar-refractivity contribution < 1.29 is 9.53 Å². The third-order valence-corrected chi connectivity index (χ3v) is 3.54. The number of nitrogens with zero attached hydrogens (tertiary/aromatic N) is 1. The van der Waals surface area contributed by atoms with Gasteiger partial charge in [0.2, 0.25) is 5.43 Å². The molecule has 7 nitrogen and oxygen atoms in total. The highest BCUT2D eigenvalue weighted by molar-refractivity contribution is 5.92. The summed E-state index contributed by atoms with van der Waals surface area (Å²) in [5.74, 6) is 0.576. The number of fused-ring (bicyclic) bond motifs is 1. The predicted molar refractivity (Wildman–Crippen MR) is 91.2 cm³/mol. The van der Waals surface area contributed by atoms with Crippen molar-refractivity contribution in [2.75, 3.05) is 12.4 Å². The zero-order valence-electron chi connectivity index (χ0n) is 13.0. The lowest BCUT2D eigenvalue weighted by atomic mass is 10.2. The average molecular weight is 324 g/mol. The van der Waals surface area contributed by atoms with Gasteiger partial charge in [0, 0.05) is 30.7 Å². The summed E-state index contributed by atoms with van der Waals surface area (Å²) in [6, 6.07) is 8.29. The summed E-state index contributed by atoms with van der Waals surface area (Å²) in [5, 5.41) is 5.70. The van der Waals surface area contributed by atoms with E-state index in [1.807, 2.05) is 0 Å². The first-order valence-electron chi connectivity index (χ1n) is 7.30. The number of methoxy groups -OCH3 is 1. The SMILES string of the molecule is COc1ccc2[nH]cc(NC(=O)NCc3ccncc3)c(=O)c2c1. The number of aromatic nitrogens is 2. The first-order chi connectivity index (χ1) is 11.7. The van der Waals surface area contributed by atoms with Gasteiger partial charge in [0.1, 0.15) is 11.4 Å². The standard InChI is InChI=1S/C17H16N4O3/c1-24-12-2-3-14-13(8-12)16(22)15(10-19-14)21-17(23)20-9-11-4-6-18-7-5-11/h2-8,10H,9H2,1H3,(H,19,22)(H2,20,21,23). The lowest BCUT2D eigenvalue weighted by Gasteiger charge is -2.08. The van der Waals surface area contributed by atoms with E-state index in [9.17, 15) is 9.59 Å². The van der Waals surface area contributed by atoms with Crippen LogP contribution in [0, 0.1) is 0 Å². The van der Waals surface area contributed by atoms with Crippen LogP contribution in [0.2, 0.25) is 0 Å². The third-order valence-electron chi connectivity index (χ3n) is 3.54. The Morgan fingerprint density at radius 1 is 1.25 bits per heavy atom. The van der Waals surface area contributed by atoms with Crippen molar-refractivity contribution in [3.8, 4) is 5.75 Å². The lowest BCUT2D eigenvalue weighted by molar-refractivity contribution is 0.251. The summed E-state index contributed by atoms with van der Waals surface area (Å²) < 4.78 is 5.13. The Labute approximate surface area is 137 Å². The van der Waals surface area contributed by atoms with Gasteiger partial charge in [-0.3, -0.25) is 9.78 Å². The fraction of sp³-hybridized carbons (Fsp3) is 0.118. The van der Waals surface area contributed by atoms with Gasteiger partial charge >= 0.3 is 6.03 Å². The highest BCUT2D eigenvalue weighted by Crippen LogP contribution is 2.17. The lowest BCUT2D eigenvalue weighted by Crippen LogP contribution is -2.30. The molecule has 3 N–H and O–H groups in total. The largest absolute Gasteiger partial charge is 0.497 e. The second-order valence-electron chi connectivity index (χ2n) is 5.11. The van der Waals surface area contributed by atoms with Gasteiger partial charge in [-0.05, 0) is 35.9 Å². The minimum absolute atomic E-state index is 0.169. The predicted octanol–water partition coefficient (Wildman–Crippen LogP) is 2.25. The minimum atomic E-state index is -0.459. The van der Waals surface area contributed by atoms with Crippen molar-refractivity contribution in [1.29, 1.82) is 0 Å². The molecule has 0 saturated heterocycles. The van der Waals surface area contributed by atoms with Gasteiger partial charge in [-0.15, -0.1) is 0 Å². The van der Waals surface area contributed by atoms with E-state index in [4.69, 9.17) is 4.74 Å². The molecule has 1 aromatic carbocycles. The molecule has 0 bridgehead atoms. The monoisotopic (exact) mass is 324 g/mol. The molecule has 0 aliphatic heterocycles. The Morgan fingerprint density at radius 3 is 2.79 bits per heavy atom. The van der Waals surface area contributed by atoms with E-state index in [1.165, 1.54) is 13.3 Å². The van der Waals surface area contributed by atoms with E-state index >= 15 is 0 Å². The van der Waals surface area contributed by atoms with E-state index in [-0.39, 0.29) is 11.1 Å². The Bertz CT molecular complexity index is 922. The maximum absolute atomic E-state index is 12.5. The van der Waals surface area contributed by atoms with Crippen molar-refractivity contribution in [2.45, 2.75) is 6.54 Å². The van der Waals surface area contributed by atoms with E-state index in [1.54, 1.807) is 42.7 Å². The second kappa shape index (κ2) is 6.82. The van der Waals surface area contributed by atoms with E-state index in [2.05, 4.69) is 20.6 Å². The van der Waals surface area contributed by atoms with E-state index < -0.39 is 6.03 Å². The number of hydrogen-bond donors (Lipinski definition) is 3. The number of ether oxygens (including phenoxy) is 1. The molecule has 0 spiro atoms. The van der Waals surface area contributed by atoms with Gasteiger partial charge in [-0.25, -0.2) is 4.79 Å². The van der Waals surface area contributed by atoms with Crippen LogP contribution in [0.1, 0.15) is 5.56 Å². The zero-order chi connectivity index (χ0) is 16.9. The van der Waals surface area contributed by atoms with E-state index in [0.29, 0.717) is 23.2 Å². The number of amides is 2. The molecule has 3 rings (SSSR count). The number of H-pyrrole nitrogens is 1. The van der Waals surface area contributed by atoms with Crippen LogP contribution in [0.5, 0.6) is 5.75 Å². The fourth-order valence-corrected chi connectivity index (χ4v) is 2.27. The number of anilines is 1. The number of rotatable bonds is 4. The maximum atomic E-state index is 12.5. The summed E-state index contributed by atoms with van der Waals surface area (Å²) in [5.41, 5.74) is 1.48. The molecule has 0 atom stereocenters.